The van der Waals surface area contributed by atoms with Gasteiger partial charge in [-0.1, -0.05) is 0 Å². The number of aryl methyl sites for hydroxylation is 2. The van der Waals surface area contributed by atoms with Crippen molar-refractivity contribution in [3.05, 3.63) is 55.1 Å². The Morgan fingerprint density at radius 1 is 1.21 bits per heavy atom. The van der Waals surface area contributed by atoms with E-state index < -0.39 is 0 Å². The van der Waals surface area contributed by atoms with Crippen molar-refractivity contribution in [2.45, 2.75) is 13.0 Å². The van der Waals surface area contributed by atoms with Gasteiger partial charge in [0.05, 0.1) is 24.5 Å². The molecule has 3 aromatic rings. The summed E-state index contributed by atoms with van der Waals surface area (Å²) in [6, 6.07) is 5.65. The molecule has 0 atom stereocenters. The highest BCUT2D eigenvalue weighted by molar-refractivity contribution is 5.72. The molecule has 0 unspecified atom stereocenters. The van der Waals surface area contributed by atoms with Gasteiger partial charge in [0.2, 0.25) is 0 Å². The monoisotopic (exact) mass is 254 g/mol. The van der Waals surface area contributed by atoms with E-state index in [1.54, 1.807) is 37.2 Å². The van der Waals surface area contributed by atoms with Crippen LogP contribution in [0.2, 0.25) is 0 Å². The van der Waals surface area contributed by atoms with Gasteiger partial charge in [0, 0.05) is 36.6 Å². The minimum Gasteiger partial charge on any atom is -0.469 e. The van der Waals surface area contributed by atoms with Crippen molar-refractivity contribution < 1.29 is 4.42 Å². The van der Waals surface area contributed by atoms with Gasteiger partial charge in [0.1, 0.15) is 5.76 Å². The van der Waals surface area contributed by atoms with Gasteiger partial charge in [0.25, 0.3) is 0 Å². The van der Waals surface area contributed by atoms with Gasteiger partial charge in [-0.05, 0) is 18.2 Å². The number of nitrogen functional groups attached to an aromatic ring is 1. The lowest BCUT2D eigenvalue weighted by molar-refractivity contribution is 0.492. The van der Waals surface area contributed by atoms with Crippen LogP contribution >= 0.6 is 0 Å². The molecule has 3 aromatic heterocycles. The van der Waals surface area contributed by atoms with Crippen LogP contribution in [-0.2, 0) is 13.0 Å². The van der Waals surface area contributed by atoms with E-state index in [-0.39, 0.29) is 0 Å². The molecule has 0 aliphatic heterocycles. The number of anilines is 1. The van der Waals surface area contributed by atoms with E-state index in [2.05, 4.69) is 14.5 Å². The Kier molecular flexibility index (Phi) is 3.02. The normalized spacial score (nSPS) is 10.7. The average Bonchev–Trinajstić information content (AvgIpc) is 3.08. The molecule has 0 aromatic carbocycles. The third-order valence-corrected chi connectivity index (χ3v) is 3.02. The fourth-order valence-corrected chi connectivity index (χ4v) is 2.03. The summed E-state index contributed by atoms with van der Waals surface area (Å²) in [5.41, 5.74) is 8.55. The maximum absolute atomic E-state index is 5.97. The van der Waals surface area contributed by atoms with Crippen molar-refractivity contribution in [2.75, 3.05) is 5.73 Å². The fourth-order valence-electron chi connectivity index (χ4n) is 2.03. The molecule has 0 fully saturated rings. The molecule has 5 nitrogen and oxygen atoms in total. The summed E-state index contributed by atoms with van der Waals surface area (Å²) in [6.45, 7) is 0.789. The maximum Gasteiger partial charge on any atom is 0.105 e. The van der Waals surface area contributed by atoms with Crippen molar-refractivity contribution in [2.24, 2.45) is 0 Å². The maximum atomic E-state index is 5.97. The topological polar surface area (TPSA) is 69.9 Å². The van der Waals surface area contributed by atoms with Crippen LogP contribution in [0.5, 0.6) is 0 Å². The van der Waals surface area contributed by atoms with Crippen molar-refractivity contribution in [3.8, 4) is 11.3 Å². The minimum absolute atomic E-state index is 0.703. The van der Waals surface area contributed by atoms with Gasteiger partial charge in [0.15, 0.2) is 0 Å². The van der Waals surface area contributed by atoms with E-state index in [4.69, 9.17) is 10.2 Å². The van der Waals surface area contributed by atoms with Crippen LogP contribution < -0.4 is 5.73 Å². The predicted octanol–water partition coefficient (Wildman–Crippen LogP) is 2.36. The first-order valence-electron chi connectivity index (χ1n) is 6.07. The number of hydrogen-bond donors (Lipinski definition) is 1. The fraction of sp³-hybridized carbons (Fsp3) is 0.143. The Hall–Kier alpha value is -2.56. The smallest absolute Gasteiger partial charge is 0.105 e. The van der Waals surface area contributed by atoms with Crippen LogP contribution in [-0.4, -0.2) is 14.5 Å². The molecular weight excluding hydrogens is 240 g/mol. The molecule has 5 heteroatoms. The molecular formula is C14H14N4O. The second-order valence-corrected chi connectivity index (χ2v) is 4.26. The number of rotatable bonds is 4. The number of furan rings is 1. The summed E-state index contributed by atoms with van der Waals surface area (Å²) >= 11 is 0. The van der Waals surface area contributed by atoms with Crippen molar-refractivity contribution in [1.82, 2.24) is 14.5 Å². The van der Waals surface area contributed by atoms with Gasteiger partial charge >= 0.3 is 0 Å². The molecule has 0 amide bonds. The van der Waals surface area contributed by atoms with Crippen molar-refractivity contribution in [1.29, 1.82) is 0 Å². The lowest BCUT2D eigenvalue weighted by Crippen LogP contribution is -2.03. The number of nitrogens with two attached hydrogens (primary N) is 1. The zero-order chi connectivity index (χ0) is 13.1. The molecule has 0 aliphatic rings. The SMILES string of the molecule is Nc1ccncc1-c1cncn1CCc1ccco1. The third kappa shape index (κ3) is 2.35. The van der Waals surface area contributed by atoms with E-state index in [9.17, 15) is 0 Å². The third-order valence-electron chi connectivity index (χ3n) is 3.02. The first kappa shape index (κ1) is 11.5. The zero-order valence-corrected chi connectivity index (χ0v) is 10.4. The predicted molar refractivity (Wildman–Crippen MR) is 72.3 cm³/mol. The second kappa shape index (κ2) is 4.97. The lowest BCUT2D eigenvalue weighted by atomic mass is 10.2. The number of nitrogens with zero attached hydrogens (tertiary/aromatic N) is 3. The molecule has 96 valence electrons. The summed E-state index contributed by atoms with van der Waals surface area (Å²) in [6.07, 6.45) is 9.54. The lowest BCUT2D eigenvalue weighted by Gasteiger charge is -2.08. The van der Waals surface area contributed by atoms with Gasteiger partial charge in [-0.25, -0.2) is 4.98 Å². The van der Waals surface area contributed by atoms with Crippen LogP contribution in [0.1, 0.15) is 5.76 Å². The number of aromatic nitrogens is 3. The van der Waals surface area contributed by atoms with Crippen LogP contribution in [0, 0.1) is 0 Å². The molecule has 0 bridgehead atoms. The van der Waals surface area contributed by atoms with Crippen molar-refractivity contribution in [3.63, 3.8) is 0 Å². The summed E-state index contributed by atoms with van der Waals surface area (Å²) < 4.78 is 7.38. The van der Waals surface area contributed by atoms with Crippen molar-refractivity contribution >= 4 is 5.69 Å². The van der Waals surface area contributed by atoms with Gasteiger partial charge in [-0.15, -0.1) is 0 Å². The molecule has 0 saturated carbocycles. The Labute approximate surface area is 110 Å². The van der Waals surface area contributed by atoms with Crippen LogP contribution in [0.4, 0.5) is 5.69 Å². The van der Waals surface area contributed by atoms with Gasteiger partial charge in [-0.3, -0.25) is 4.98 Å². The van der Waals surface area contributed by atoms with Crippen LogP contribution in [0.25, 0.3) is 11.3 Å². The summed E-state index contributed by atoms with van der Waals surface area (Å²) in [4.78, 5) is 8.30. The summed E-state index contributed by atoms with van der Waals surface area (Å²) in [5, 5.41) is 0. The van der Waals surface area contributed by atoms with E-state index in [0.717, 1.165) is 30.0 Å². The number of hydrogen-bond acceptors (Lipinski definition) is 4. The molecule has 0 aliphatic carbocycles. The van der Waals surface area contributed by atoms with Gasteiger partial charge in [-0.2, -0.15) is 0 Å². The van der Waals surface area contributed by atoms with Gasteiger partial charge < -0.3 is 14.7 Å². The standard InChI is InChI=1S/C14H14N4O/c15-13-3-5-16-8-12(13)14-9-17-10-18(14)6-4-11-2-1-7-19-11/h1-3,5,7-10H,4,6H2,(H2,15,16). The molecule has 0 spiro atoms. The molecule has 3 heterocycles. The van der Waals surface area contributed by atoms with E-state index in [1.807, 2.05) is 12.1 Å². The molecule has 19 heavy (non-hydrogen) atoms. The number of imidazole rings is 1. The van der Waals surface area contributed by atoms with Crippen LogP contribution in [0.15, 0.2) is 53.8 Å². The van der Waals surface area contributed by atoms with E-state index in [0.29, 0.717) is 5.69 Å². The molecule has 0 saturated heterocycles. The summed E-state index contributed by atoms with van der Waals surface area (Å²) in [7, 11) is 0. The Balaban J connectivity index is 1.84. The highest BCUT2D eigenvalue weighted by Crippen LogP contribution is 2.24. The van der Waals surface area contributed by atoms with E-state index >= 15 is 0 Å². The summed E-state index contributed by atoms with van der Waals surface area (Å²) in [5.74, 6) is 0.957. The van der Waals surface area contributed by atoms with Crippen LogP contribution in [0.3, 0.4) is 0 Å². The Bertz CT molecular complexity index is 658. The molecule has 3 rings (SSSR count). The average molecular weight is 254 g/mol. The number of pyridine rings is 1. The first-order valence-corrected chi connectivity index (χ1v) is 6.07. The largest absolute Gasteiger partial charge is 0.469 e. The highest BCUT2D eigenvalue weighted by Gasteiger charge is 2.08. The highest BCUT2D eigenvalue weighted by atomic mass is 16.3. The molecule has 0 radical (unpaired) electrons. The van der Waals surface area contributed by atoms with E-state index in [1.165, 1.54) is 0 Å². The minimum atomic E-state index is 0.703. The first-order chi connectivity index (χ1) is 9.34. The Morgan fingerprint density at radius 2 is 2.16 bits per heavy atom. The molecule has 2 N–H and O–H groups in total. The second-order valence-electron chi connectivity index (χ2n) is 4.26. The quantitative estimate of drug-likeness (QED) is 0.776. The Morgan fingerprint density at radius 3 is 2.95 bits per heavy atom. The zero-order valence-electron chi connectivity index (χ0n) is 10.4.